The fourth-order valence-corrected chi connectivity index (χ4v) is 4.92. The summed E-state index contributed by atoms with van der Waals surface area (Å²) in [5.41, 5.74) is 2.68. The Kier molecular flexibility index (Phi) is 5.74. The second-order valence-electron chi connectivity index (χ2n) is 7.46. The number of nitrogens with zero attached hydrogens (tertiary/aromatic N) is 3. The van der Waals surface area contributed by atoms with Crippen LogP contribution in [0.5, 0.6) is 0 Å². The first-order valence-electron chi connectivity index (χ1n) is 9.89. The number of sulfonamides is 1. The molecule has 30 heavy (non-hydrogen) atoms. The maximum Gasteiger partial charge on any atom is 0.263 e. The molecule has 2 heterocycles. The molecule has 2 aromatic carbocycles. The standard InChI is InChI=1S/C21H25N5O3S/c1-25-10-12-26(13-11-25)18-8-4-2-6-16(18)14-22-20(27)15-23-21-17-7-3-5-9-19(17)30(28,29)24-21/h2-9H,10-15H2,1H3,(H,22,27)(H,23,24). The van der Waals surface area contributed by atoms with Crippen LogP contribution in [0.25, 0.3) is 0 Å². The number of piperazine rings is 1. The van der Waals surface area contributed by atoms with Gasteiger partial charge in [0.1, 0.15) is 12.4 Å². The summed E-state index contributed by atoms with van der Waals surface area (Å²) in [5.74, 6) is -0.0575. The van der Waals surface area contributed by atoms with Gasteiger partial charge in [-0.2, -0.15) is 0 Å². The number of amidine groups is 1. The molecule has 0 aromatic heterocycles. The molecule has 0 radical (unpaired) electrons. The SMILES string of the molecule is CN1CCN(c2ccccc2CNC(=O)CN=C2NS(=O)(=O)c3ccccc32)CC1. The van der Waals surface area contributed by atoms with Crippen molar-refractivity contribution < 1.29 is 13.2 Å². The smallest absolute Gasteiger partial charge is 0.263 e. The predicted molar refractivity (Wildman–Crippen MR) is 116 cm³/mol. The molecule has 2 N–H and O–H groups in total. The number of hydrogen-bond acceptors (Lipinski definition) is 6. The number of anilines is 1. The molecule has 0 spiro atoms. The number of nitrogens with one attached hydrogen (secondary N) is 2. The van der Waals surface area contributed by atoms with Crippen LogP contribution in [0, 0.1) is 0 Å². The Balaban J connectivity index is 1.39. The molecule has 2 aliphatic rings. The average Bonchev–Trinajstić information content (AvgIpc) is 3.02. The van der Waals surface area contributed by atoms with E-state index in [-0.39, 0.29) is 23.2 Å². The van der Waals surface area contributed by atoms with Crippen molar-refractivity contribution in [1.29, 1.82) is 0 Å². The zero-order valence-corrected chi connectivity index (χ0v) is 17.7. The number of carbonyl (C=O) groups excluding carboxylic acids is 1. The van der Waals surface area contributed by atoms with Crippen LogP contribution in [0.4, 0.5) is 5.69 Å². The first-order chi connectivity index (χ1) is 14.4. The summed E-state index contributed by atoms with van der Waals surface area (Å²) in [5, 5.41) is 2.90. The Labute approximate surface area is 176 Å². The molecule has 0 bridgehead atoms. The minimum Gasteiger partial charge on any atom is -0.369 e. The van der Waals surface area contributed by atoms with E-state index in [1.807, 2.05) is 18.2 Å². The Morgan fingerprint density at radius 3 is 2.57 bits per heavy atom. The van der Waals surface area contributed by atoms with E-state index in [1.54, 1.807) is 18.2 Å². The molecule has 4 rings (SSSR count). The van der Waals surface area contributed by atoms with Crippen LogP contribution in [0.3, 0.4) is 0 Å². The largest absolute Gasteiger partial charge is 0.369 e. The first-order valence-corrected chi connectivity index (χ1v) is 11.4. The molecule has 0 atom stereocenters. The van der Waals surface area contributed by atoms with Gasteiger partial charge in [-0.1, -0.05) is 30.3 Å². The molecular formula is C21H25N5O3S. The lowest BCUT2D eigenvalue weighted by atomic mass is 10.1. The Bertz CT molecular complexity index is 1080. The van der Waals surface area contributed by atoms with Crippen LogP contribution in [-0.4, -0.2) is 64.8 Å². The number of likely N-dealkylation sites (N-methyl/N-ethyl adjacent to an activating group) is 1. The number of rotatable bonds is 5. The van der Waals surface area contributed by atoms with Gasteiger partial charge in [-0.3, -0.25) is 14.5 Å². The van der Waals surface area contributed by atoms with Gasteiger partial charge in [0, 0.05) is 44.0 Å². The molecule has 158 valence electrons. The van der Waals surface area contributed by atoms with Gasteiger partial charge in [-0.15, -0.1) is 0 Å². The number of benzene rings is 2. The number of hydrogen-bond donors (Lipinski definition) is 2. The van der Waals surface area contributed by atoms with Crippen molar-refractivity contribution in [3.63, 3.8) is 0 Å². The Hall–Kier alpha value is -2.91. The second-order valence-corrected chi connectivity index (χ2v) is 9.11. The zero-order valence-electron chi connectivity index (χ0n) is 16.8. The number of fused-ring (bicyclic) bond motifs is 1. The summed E-state index contributed by atoms with van der Waals surface area (Å²) in [7, 11) is -1.48. The van der Waals surface area contributed by atoms with Crippen LogP contribution in [0.15, 0.2) is 58.4 Å². The number of carbonyl (C=O) groups is 1. The quantitative estimate of drug-likeness (QED) is 0.736. The highest BCUT2D eigenvalue weighted by atomic mass is 32.2. The van der Waals surface area contributed by atoms with Crippen molar-refractivity contribution in [2.75, 3.05) is 44.7 Å². The molecule has 2 aliphatic heterocycles. The lowest BCUT2D eigenvalue weighted by molar-refractivity contribution is -0.119. The van der Waals surface area contributed by atoms with Gasteiger partial charge < -0.3 is 15.1 Å². The summed E-state index contributed by atoms with van der Waals surface area (Å²) in [6, 6.07) is 14.7. The highest BCUT2D eigenvalue weighted by Crippen LogP contribution is 2.23. The third kappa shape index (κ3) is 4.31. The molecule has 8 nitrogen and oxygen atoms in total. The van der Waals surface area contributed by atoms with Gasteiger partial charge in [0.25, 0.3) is 10.0 Å². The van der Waals surface area contributed by atoms with Crippen molar-refractivity contribution in [1.82, 2.24) is 14.9 Å². The van der Waals surface area contributed by atoms with Crippen LogP contribution in [0.2, 0.25) is 0 Å². The van der Waals surface area contributed by atoms with Gasteiger partial charge in [0.2, 0.25) is 5.91 Å². The number of aliphatic imine (C=N–C) groups is 1. The van der Waals surface area contributed by atoms with Crippen molar-refractivity contribution in [3.8, 4) is 0 Å². The topological polar surface area (TPSA) is 94.1 Å². The Morgan fingerprint density at radius 2 is 1.77 bits per heavy atom. The summed E-state index contributed by atoms with van der Waals surface area (Å²) < 4.78 is 26.7. The van der Waals surface area contributed by atoms with E-state index in [1.165, 1.54) is 6.07 Å². The molecule has 9 heteroatoms. The zero-order chi connectivity index (χ0) is 21.1. The van der Waals surface area contributed by atoms with E-state index in [4.69, 9.17) is 0 Å². The minimum absolute atomic E-state index is 0.150. The lowest BCUT2D eigenvalue weighted by Crippen LogP contribution is -2.45. The van der Waals surface area contributed by atoms with Crippen molar-refractivity contribution in [2.24, 2.45) is 4.99 Å². The van der Waals surface area contributed by atoms with Crippen molar-refractivity contribution in [2.45, 2.75) is 11.4 Å². The predicted octanol–water partition coefficient (Wildman–Crippen LogP) is 0.793. The molecule has 0 saturated carbocycles. The molecule has 1 saturated heterocycles. The maximum atomic E-state index is 12.4. The third-order valence-electron chi connectivity index (χ3n) is 5.36. The molecule has 0 aliphatic carbocycles. The molecule has 0 unspecified atom stereocenters. The molecule has 2 aromatic rings. The Morgan fingerprint density at radius 1 is 1.07 bits per heavy atom. The van der Waals surface area contributed by atoms with Crippen LogP contribution >= 0.6 is 0 Å². The summed E-state index contributed by atoms with van der Waals surface area (Å²) in [6.45, 7) is 4.17. The van der Waals surface area contributed by atoms with E-state index < -0.39 is 10.0 Å². The molecule has 1 fully saturated rings. The number of amides is 1. The van der Waals surface area contributed by atoms with Crippen molar-refractivity contribution >= 4 is 27.5 Å². The van der Waals surface area contributed by atoms with E-state index in [2.05, 4.69) is 37.9 Å². The number of para-hydroxylation sites is 1. The molecule has 1 amide bonds. The maximum absolute atomic E-state index is 12.4. The fourth-order valence-electron chi connectivity index (χ4n) is 3.67. The van der Waals surface area contributed by atoms with Gasteiger partial charge in [-0.25, -0.2) is 8.42 Å². The van der Waals surface area contributed by atoms with E-state index in [0.717, 1.165) is 37.4 Å². The van der Waals surface area contributed by atoms with E-state index >= 15 is 0 Å². The normalized spacial score (nSPS) is 19.4. The summed E-state index contributed by atoms with van der Waals surface area (Å²) in [4.78, 5) is 21.4. The van der Waals surface area contributed by atoms with Gasteiger partial charge in [0.15, 0.2) is 0 Å². The second kappa shape index (κ2) is 8.45. The highest BCUT2D eigenvalue weighted by Gasteiger charge is 2.30. The average molecular weight is 428 g/mol. The van der Waals surface area contributed by atoms with Gasteiger partial charge >= 0.3 is 0 Å². The summed E-state index contributed by atoms with van der Waals surface area (Å²) >= 11 is 0. The summed E-state index contributed by atoms with van der Waals surface area (Å²) in [6.07, 6.45) is 0. The minimum atomic E-state index is -3.60. The van der Waals surface area contributed by atoms with Crippen molar-refractivity contribution in [3.05, 3.63) is 59.7 Å². The van der Waals surface area contributed by atoms with Crippen LogP contribution in [0.1, 0.15) is 11.1 Å². The molecular weight excluding hydrogens is 402 g/mol. The monoisotopic (exact) mass is 427 g/mol. The van der Waals surface area contributed by atoms with Crippen LogP contribution < -0.4 is 14.9 Å². The van der Waals surface area contributed by atoms with E-state index in [9.17, 15) is 13.2 Å². The van der Waals surface area contributed by atoms with Crippen LogP contribution in [-0.2, 0) is 21.4 Å². The van der Waals surface area contributed by atoms with Gasteiger partial charge in [-0.05, 0) is 30.8 Å². The third-order valence-corrected chi connectivity index (χ3v) is 6.75. The fraction of sp³-hybridized carbons (Fsp3) is 0.333. The lowest BCUT2D eigenvalue weighted by Gasteiger charge is -2.35. The van der Waals surface area contributed by atoms with Gasteiger partial charge in [0.05, 0.1) is 4.90 Å². The highest BCUT2D eigenvalue weighted by molar-refractivity contribution is 7.90. The first kappa shape index (κ1) is 20.4. The van der Waals surface area contributed by atoms with E-state index in [0.29, 0.717) is 12.1 Å².